The number of phosphoric acid groups is 1. The molecule has 356 valence electrons. The van der Waals surface area contributed by atoms with Gasteiger partial charge in [-0.05, 0) is 89.9 Å². The Morgan fingerprint density at radius 1 is 0.500 bits per heavy atom. The Morgan fingerprint density at radius 3 is 1.29 bits per heavy atom. The maximum atomic E-state index is 12.7. The zero-order chi connectivity index (χ0) is 45.6. The van der Waals surface area contributed by atoms with Gasteiger partial charge in [0.25, 0.3) is 0 Å². The monoisotopic (exact) mass is 892 g/mol. The van der Waals surface area contributed by atoms with E-state index in [1.165, 1.54) is 83.5 Å². The summed E-state index contributed by atoms with van der Waals surface area (Å²) in [5.74, 6) is -2.43. The van der Waals surface area contributed by atoms with Gasteiger partial charge < -0.3 is 25.2 Å². The number of carboxylic acid groups (broad SMARTS) is 1. The molecule has 0 heterocycles. The maximum absolute atomic E-state index is 12.7. The van der Waals surface area contributed by atoms with Crippen LogP contribution in [0.15, 0.2) is 72.9 Å². The number of allylic oxidation sites excluding steroid dienone is 12. The topological polar surface area (TPSA) is 172 Å². The molecule has 1 unspecified atom stereocenters. The Balaban J connectivity index is 4.38. The van der Waals surface area contributed by atoms with Gasteiger partial charge in [0, 0.05) is 12.8 Å². The zero-order valence-electron chi connectivity index (χ0n) is 38.7. The predicted octanol–water partition coefficient (Wildman–Crippen LogP) is 13.3. The number of carbonyl (C=O) groups is 3. The largest absolute Gasteiger partial charge is 0.480 e. The van der Waals surface area contributed by atoms with Crippen molar-refractivity contribution in [1.82, 2.24) is 0 Å². The van der Waals surface area contributed by atoms with E-state index >= 15 is 0 Å². The van der Waals surface area contributed by atoms with Crippen molar-refractivity contribution in [2.75, 3.05) is 19.8 Å². The van der Waals surface area contributed by atoms with Crippen molar-refractivity contribution in [2.45, 2.75) is 206 Å². The second-order valence-electron chi connectivity index (χ2n) is 15.9. The Kier molecular flexibility index (Phi) is 42.3. The normalized spacial score (nSPS) is 14.3. The van der Waals surface area contributed by atoms with E-state index in [0.29, 0.717) is 12.8 Å². The standard InChI is InChI=1S/C50H86NO10P/c1-3-5-7-9-11-13-15-17-19-21-23-25-27-29-31-33-35-37-39-41-48(52)58-43-46(44-59-62(56,57)60-45-47(51)50(54)55)61-49(53)42-40-38-36-34-32-30-28-26-24-22-20-18-16-14-12-10-8-6-4-2/h11-14,17-20,24,26,30,32,46-47H,3-10,15-16,21-23,25,27-29,31,33-45,51H2,1-2H3,(H,54,55)(H,56,57)/b13-11-,14-12-,19-17-,20-18-,26-24-,32-30-/t46-,47+/m1/s1. The summed E-state index contributed by atoms with van der Waals surface area (Å²) in [6, 6.07) is -1.53. The highest BCUT2D eigenvalue weighted by atomic mass is 31.2. The van der Waals surface area contributed by atoms with E-state index in [4.69, 9.17) is 24.8 Å². The molecule has 0 spiro atoms. The molecule has 0 radical (unpaired) electrons. The molecule has 4 N–H and O–H groups in total. The molecular weight excluding hydrogens is 806 g/mol. The number of carboxylic acids is 1. The number of esters is 2. The first-order valence-electron chi connectivity index (χ1n) is 24.0. The van der Waals surface area contributed by atoms with Crippen LogP contribution in [-0.4, -0.2) is 59.9 Å². The van der Waals surface area contributed by atoms with Crippen LogP contribution in [0.3, 0.4) is 0 Å². The first kappa shape index (κ1) is 58.9. The number of phosphoric ester groups is 1. The number of nitrogens with two attached hydrogens (primary N) is 1. The minimum atomic E-state index is -4.73. The molecule has 0 aliphatic heterocycles. The number of rotatable bonds is 44. The second-order valence-corrected chi connectivity index (χ2v) is 17.3. The van der Waals surface area contributed by atoms with Crippen molar-refractivity contribution in [3.63, 3.8) is 0 Å². The molecule has 0 saturated heterocycles. The fourth-order valence-electron chi connectivity index (χ4n) is 6.14. The lowest BCUT2D eigenvalue weighted by atomic mass is 10.1. The summed E-state index contributed by atoms with van der Waals surface area (Å²) in [5, 5.41) is 8.91. The third-order valence-electron chi connectivity index (χ3n) is 9.93. The fourth-order valence-corrected chi connectivity index (χ4v) is 6.91. The van der Waals surface area contributed by atoms with Gasteiger partial charge in [-0.1, -0.05) is 164 Å². The summed E-state index contributed by atoms with van der Waals surface area (Å²) >= 11 is 0. The lowest BCUT2D eigenvalue weighted by molar-refractivity contribution is -0.161. The van der Waals surface area contributed by atoms with Crippen LogP contribution in [0.2, 0.25) is 0 Å². The van der Waals surface area contributed by atoms with Crippen LogP contribution in [0, 0.1) is 0 Å². The molecule has 3 atom stereocenters. The van der Waals surface area contributed by atoms with Gasteiger partial charge >= 0.3 is 25.7 Å². The van der Waals surface area contributed by atoms with Crippen molar-refractivity contribution in [1.29, 1.82) is 0 Å². The molecule has 0 bridgehead atoms. The number of unbranched alkanes of at least 4 members (excludes halogenated alkanes) is 18. The summed E-state index contributed by atoms with van der Waals surface area (Å²) in [7, 11) is -4.73. The maximum Gasteiger partial charge on any atom is 0.472 e. The molecule has 0 fully saturated rings. The molecule has 0 aromatic heterocycles. The smallest absolute Gasteiger partial charge is 0.472 e. The molecule has 0 saturated carbocycles. The summed E-state index contributed by atoms with van der Waals surface area (Å²) in [6.07, 6.45) is 53.8. The van der Waals surface area contributed by atoms with Crippen LogP contribution < -0.4 is 5.73 Å². The number of carbonyl (C=O) groups excluding carboxylic acids is 2. The summed E-state index contributed by atoms with van der Waals surface area (Å²) in [6.45, 7) is 2.72. The van der Waals surface area contributed by atoms with E-state index in [2.05, 4.69) is 91.3 Å². The Morgan fingerprint density at radius 2 is 0.855 bits per heavy atom. The molecule has 12 heteroatoms. The Labute approximate surface area is 376 Å². The summed E-state index contributed by atoms with van der Waals surface area (Å²) in [5.41, 5.74) is 5.34. The molecule has 0 aromatic carbocycles. The number of aliphatic carboxylic acids is 1. The third-order valence-corrected chi connectivity index (χ3v) is 10.9. The lowest BCUT2D eigenvalue weighted by Crippen LogP contribution is -2.34. The van der Waals surface area contributed by atoms with Crippen molar-refractivity contribution < 1.29 is 47.5 Å². The van der Waals surface area contributed by atoms with Gasteiger partial charge in [0.15, 0.2) is 6.10 Å². The molecule has 11 nitrogen and oxygen atoms in total. The Bertz CT molecular complexity index is 1320. The van der Waals surface area contributed by atoms with Crippen LogP contribution in [0.25, 0.3) is 0 Å². The van der Waals surface area contributed by atoms with Gasteiger partial charge in [0.1, 0.15) is 12.6 Å². The minimum absolute atomic E-state index is 0.120. The minimum Gasteiger partial charge on any atom is -0.480 e. The second kappa shape index (κ2) is 44.5. The van der Waals surface area contributed by atoms with E-state index in [0.717, 1.165) is 70.6 Å². The van der Waals surface area contributed by atoms with Crippen LogP contribution in [0.5, 0.6) is 0 Å². The van der Waals surface area contributed by atoms with E-state index in [-0.39, 0.29) is 19.4 Å². The molecule has 62 heavy (non-hydrogen) atoms. The van der Waals surface area contributed by atoms with Gasteiger partial charge in [-0.2, -0.15) is 0 Å². The average molecular weight is 892 g/mol. The van der Waals surface area contributed by atoms with Gasteiger partial charge in [-0.25, -0.2) is 4.57 Å². The van der Waals surface area contributed by atoms with Crippen LogP contribution in [-0.2, 0) is 37.5 Å². The van der Waals surface area contributed by atoms with Gasteiger partial charge in [0.2, 0.25) is 0 Å². The lowest BCUT2D eigenvalue weighted by Gasteiger charge is -2.20. The van der Waals surface area contributed by atoms with E-state index in [1.807, 2.05) is 0 Å². The zero-order valence-corrected chi connectivity index (χ0v) is 39.6. The summed E-state index contributed by atoms with van der Waals surface area (Å²) in [4.78, 5) is 46.1. The van der Waals surface area contributed by atoms with Crippen molar-refractivity contribution >= 4 is 25.7 Å². The number of ether oxygens (including phenoxy) is 2. The fraction of sp³-hybridized carbons (Fsp3) is 0.700. The summed E-state index contributed by atoms with van der Waals surface area (Å²) < 4.78 is 32.8. The highest BCUT2D eigenvalue weighted by Crippen LogP contribution is 2.43. The Hall–Kier alpha value is -3.08. The third kappa shape index (κ3) is 43.6. The van der Waals surface area contributed by atoms with Gasteiger partial charge in [-0.15, -0.1) is 0 Å². The SMILES string of the molecule is CCCCC/C=C\C/C=C\C/C=C\C/C=C\CCCCCC(=O)O[C@H](COC(=O)CCCCCCCCCCC/C=C\C/C=C\CCCCC)COP(=O)(O)OC[C@H](N)C(=O)O. The van der Waals surface area contributed by atoms with E-state index < -0.39 is 51.1 Å². The van der Waals surface area contributed by atoms with Crippen molar-refractivity contribution in [3.8, 4) is 0 Å². The van der Waals surface area contributed by atoms with E-state index in [9.17, 15) is 23.8 Å². The van der Waals surface area contributed by atoms with Crippen LogP contribution in [0.1, 0.15) is 194 Å². The van der Waals surface area contributed by atoms with Crippen molar-refractivity contribution in [2.24, 2.45) is 5.73 Å². The molecule has 0 rings (SSSR count). The first-order valence-corrected chi connectivity index (χ1v) is 25.5. The van der Waals surface area contributed by atoms with Crippen LogP contribution >= 0.6 is 7.82 Å². The van der Waals surface area contributed by atoms with Gasteiger partial charge in [0.05, 0.1) is 13.2 Å². The van der Waals surface area contributed by atoms with Gasteiger partial charge in [-0.3, -0.25) is 23.4 Å². The highest BCUT2D eigenvalue weighted by molar-refractivity contribution is 7.47. The number of hydrogen-bond donors (Lipinski definition) is 3. The van der Waals surface area contributed by atoms with Crippen LogP contribution in [0.4, 0.5) is 0 Å². The van der Waals surface area contributed by atoms with E-state index in [1.54, 1.807) is 0 Å². The molecule has 0 amide bonds. The molecule has 0 aliphatic rings. The predicted molar refractivity (Wildman–Crippen MR) is 254 cm³/mol. The van der Waals surface area contributed by atoms with Crippen molar-refractivity contribution in [3.05, 3.63) is 72.9 Å². The molecule has 0 aromatic rings. The average Bonchev–Trinajstić information content (AvgIpc) is 3.25. The number of hydrogen-bond acceptors (Lipinski definition) is 9. The highest BCUT2D eigenvalue weighted by Gasteiger charge is 2.28. The first-order chi connectivity index (χ1) is 30.1. The molecular formula is C50H86NO10P. The quantitative estimate of drug-likeness (QED) is 0.0230. The molecule has 0 aliphatic carbocycles.